The van der Waals surface area contributed by atoms with Crippen LogP contribution in [0.25, 0.3) is 0 Å². The van der Waals surface area contributed by atoms with Crippen LogP contribution in [-0.2, 0) is 4.79 Å². The number of nitrogens with zero attached hydrogens (tertiary/aromatic N) is 4. The third-order valence-corrected chi connectivity index (χ3v) is 5.24. The molecule has 0 unspecified atom stereocenters. The average Bonchev–Trinajstić information content (AvgIpc) is 2.96. The Morgan fingerprint density at radius 3 is 3.00 bits per heavy atom. The molecule has 22 heavy (non-hydrogen) atoms. The maximum Gasteiger partial charge on any atom is 0.273 e. The predicted molar refractivity (Wildman–Crippen MR) is 81.1 cm³/mol. The lowest BCUT2D eigenvalue weighted by Gasteiger charge is -2.46. The standard InChI is InChI=1S/C16H22N4O2/c1-19(15(22)12-10-17-8-9-18-12)11-16-6-3-4-13(16)20(2)14(21)5-7-16/h8-10,13H,3-7,11H2,1-2H3/t13-,16+/m1/s1. The molecule has 1 aliphatic carbocycles. The van der Waals surface area contributed by atoms with Gasteiger partial charge in [-0.3, -0.25) is 14.6 Å². The lowest BCUT2D eigenvalue weighted by Crippen LogP contribution is -2.54. The number of hydrogen-bond acceptors (Lipinski definition) is 4. The number of carbonyl (C=O) groups is 2. The second-order valence-corrected chi connectivity index (χ2v) is 6.53. The largest absolute Gasteiger partial charge is 0.342 e. The van der Waals surface area contributed by atoms with Gasteiger partial charge in [-0.1, -0.05) is 6.42 Å². The zero-order chi connectivity index (χ0) is 15.7. The molecule has 2 heterocycles. The van der Waals surface area contributed by atoms with E-state index in [0.717, 1.165) is 25.7 Å². The summed E-state index contributed by atoms with van der Waals surface area (Å²) in [5.41, 5.74) is 0.408. The average molecular weight is 302 g/mol. The van der Waals surface area contributed by atoms with E-state index >= 15 is 0 Å². The first-order valence-electron chi connectivity index (χ1n) is 7.81. The van der Waals surface area contributed by atoms with Crippen molar-refractivity contribution in [2.75, 3.05) is 20.6 Å². The zero-order valence-electron chi connectivity index (χ0n) is 13.2. The van der Waals surface area contributed by atoms with Gasteiger partial charge in [0.15, 0.2) is 0 Å². The van der Waals surface area contributed by atoms with Crippen LogP contribution in [0, 0.1) is 5.41 Å². The van der Waals surface area contributed by atoms with Gasteiger partial charge in [0.25, 0.3) is 5.91 Å². The second-order valence-electron chi connectivity index (χ2n) is 6.53. The van der Waals surface area contributed by atoms with Crippen molar-refractivity contribution in [2.45, 2.75) is 38.1 Å². The zero-order valence-corrected chi connectivity index (χ0v) is 13.2. The van der Waals surface area contributed by atoms with Crippen molar-refractivity contribution in [1.82, 2.24) is 19.8 Å². The number of amides is 2. The molecular weight excluding hydrogens is 280 g/mol. The van der Waals surface area contributed by atoms with Crippen LogP contribution in [0.5, 0.6) is 0 Å². The van der Waals surface area contributed by atoms with Gasteiger partial charge in [-0.25, -0.2) is 4.98 Å². The molecular formula is C16H22N4O2. The minimum atomic E-state index is -0.104. The number of hydrogen-bond donors (Lipinski definition) is 0. The molecule has 1 aliphatic heterocycles. The van der Waals surface area contributed by atoms with Gasteiger partial charge in [-0.05, 0) is 19.3 Å². The van der Waals surface area contributed by atoms with Crippen molar-refractivity contribution < 1.29 is 9.59 Å². The molecule has 1 aromatic heterocycles. The summed E-state index contributed by atoms with van der Waals surface area (Å²) in [6.45, 7) is 0.671. The lowest BCUT2D eigenvalue weighted by atomic mass is 9.74. The third-order valence-electron chi connectivity index (χ3n) is 5.24. The summed E-state index contributed by atoms with van der Waals surface area (Å²) in [6.07, 6.45) is 9.28. The van der Waals surface area contributed by atoms with E-state index in [1.165, 1.54) is 12.4 Å². The first kappa shape index (κ1) is 14.9. The number of fused-ring (bicyclic) bond motifs is 1. The van der Waals surface area contributed by atoms with Crippen LogP contribution in [-0.4, -0.2) is 58.3 Å². The summed E-state index contributed by atoms with van der Waals surface area (Å²) >= 11 is 0. The van der Waals surface area contributed by atoms with E-state index in [9.17, 15) is 9.59 Å². The molecule has 6 nitrogen and oxygen atoms in total. The van der Waals surface area contributed by atoms with Crippen LogP contribution in [0.3, 0.4) is 0 Å². The molecule has 2 amide bonds. The summed E-state index contributed by atoms with van der Waals surface area (Å²) in [6, 6.07) is 0.255. The molecule has 2 aliphatic rings. The normalized spacial score (nSPS) is 27.6. The van der Waals surface area contributed by atoms with Gasteiger partial charge in [0.05, 0.1) is 6.20 Å². The van der Waals surface area contributed by atoms with Crippen LogP contribution in [0.1, 0.15) is 42.6 Å². The highest BCUT2D eigenvalue weighted by molar-refractivity contribution is 5.91. The fourth-order valence-electron chi connectivity index (χ4n) is 4.14. The summed E-state index contributed by atoms with van der Waals surface area (Å²) in [5, 5.41) is 0. The highest BCUT2D eigenvalue weighted by Crippen LogP contribution is 2.48. The smallest absolute Gasteiger partial charge is 0.273 e. The van der Waals surface area contributed by atoms with E-state index < -0.39 is 0 Å². The monoisotopic (exact) mass is 302 g/mol. The lowest BCUT2D eigenvalue weighted by molar-refractivity contribution is -0.140. The third kappa shape index (κ3) is 2.46. The van der Waals surface area contributed by atoms with Gasteiger partial charge >= 0.3 is 0 Å². The van der Waals surface area contributed by atoms with Crippen LogP contribution in [0.4, 0.5) is 0 Å². The van der Waals surface area contributed by atoms with Crippen molar-refractivity contribution in [1.29, 1.82) is 0 Å². The molecule has 0 spiro atoms. The number of carbonyl (C=O) groups excluding carboxylic acids is 2. The number of aromatic nitrogens is 2. The topological polar surface area (TPSA) is 66.4 Å². The molecule has 0 N–H and O–H groups in total. The Balaban J connectivity index is 1.76. The highest BCUT2D eigenvalue weighted by Gasteiger charge is 2.49. The summed E-state index contributed by atoms with van der Waals surface area (Å²) in [5.74, 6) is 0.123. The Morgan fingerprint density at radius 2 is 2.27 bits per heavy atom. The number of rotatable bonds is 3. The molecule has 1 aromatic rings. The predicted octanol–water partition coefficient (Wildman–Crippen LogP) is 1.34. The fraction of sp³-hybridized carbons (Fsp3) is 0.625. The molecule has 0 aromatic carbocycles. The van der Waals surface area contributed by atoms with Gasteiger partial charge in [0.2, 0.25) is 5.91 Å². The molecule has 0 bridgehead atoms. The number of piperidine rings is 1. The van der Waals surface area contributed by atoms with E-state index in [2.05, 4.69) is 9.97 Å². The molecule has 1 saturated carbocycles. The van der Waals surface area contributed by atoms with Crippen molar-refractivity contribution in [2.24, 2.45) is 5.41 Å². The van der Waals surface area contributed by atoms with Crippen LogP contribution in [0.15, 0.2) is 18.6 Å². The first-order chi connectivity index (χ1) is 10.5. The Labute approximate surface area is 130 Å². The Hall–Kier alpha value is -1.98. The van der Waals surface area contributed by atoms with Gasteiger partial charge in [0.1, 0.15) is 5.69 Å². The first-order valence-corrected chi connectivity index (χ1v) is 7.81. The Kier molecular flexibility index (Phi) is 3.85. The molecule has 0 radical (unpaired) electrons. The van der Waals surface area contributed by atoms with Gasteiger partial charge < -0.3 is 9.80 Å². The number of likely N-dealkylation sites (tertiary alicyclic amines) is 1. The summed E-state index contributed by atoms with van der Waals surface area (Å²) in [4.78, 5) is 36.1. The van der Waals surface area contributed by atoms with E-state index in [0.29, 0.717) is 18.7 Å². The quantitative estimate of drug-likeness (QED) is 0.845. The van der Waals surface area contributed by atoms with Crippen molar-refractivity contribution in [3.8, 4) is 0 Å². The van der Waals surface area contributed by atoms with Crippen molar-refractivity contribution in [3.05, 3.63) is 24.3 Å². The van der Waals surface area contributed by atoms with Crippen molar-refractivity contribution >= 4 is 11.8 Å². The van der Waals surface area contributed by atoms with E-state index in [1.54, 1.807) is 11.1 Å². The molecule has 1 saturated heterocycles. The fourth-order valence-corrected chi connectivity index (χ4v) is 4.14. The highest BCUT2D eigenvalue weighted by atomic mass is 16.2. The second kappa shape index (κ2) is 5.66. The summed E-state index contributed by atoms with van der Waals surface area (Å²) in [7, 11) is 3.72. The van der Waals surface area contributed by atoms with Crippen molar-refractivity contribution in [3.63, 3.8) is 0 Å². The molecule has 2 fully saturated rings. The summed E-state index contributed by atoms with van der Waals surface area (Å²) < 4.78 is 0. The SMILES string of the molecule is CN(C[C@@]12CCC[C@H]1N(C)C(=O)CC2)C(=O)c1cnccn1. The maximum atomic E-state index is 12.5. The molecule has 2 atom stereocenters. The van der Waals surface area contributed by atoms with Gasteiger partial charge in [-0.2, -0.15) is 0 Å². The Bertz CT molecular complexity index is 577. The van der Waals surface area contributed by atoms with Crippen LogP contribution < -0.4 is 0 Å². The van der Waals surface area contributed by atoms with Gasteiger partial charge in [0, 0.05) is 50.9 Å². The van der Waals surface area contributed by atoms with E-state index in [4.69, 9.17) is 0 Å². The van der Waals surface area contributed by atoms with E-state index in [1.807, 2.05) is 19.0 Å². The van der Waals surface area contributed by atoms with Gasteiger partial charge in [-0.15, -0.1) is 0 Å². The molecule has 6 heteroatoms. The minimum Gasteiger partial charge on any atom is -0.342 e. The minimum absolute atomic E-state index is 0.0370. The molecule has 3 rings (SSSR count). The van der Waals surface area contributed by atoms with Crippen LogP contribution >= 0.6 is 0 Å². The maximum absolute atomic E-state index is 12.5. The van der Waals surface area contributed by atoms with Crippen LogP contribution in [0.2, 0.25) is 0 Å². The Morgan fingerprint density at radius 1 is 1.45 bits per heavy atom. The van der Waals surface area contributed by atoms with E-state index in [-0.39, 0.29) is 23.3 Å². The molecule has 118 valence electrons.